The van der Waals surface area contributed by atoms with Gasteiger partial charge in [-0.15, -0.1) is 22.0 Å². The SMILES string of the molecule is CCCCc1nnc(NC(=O)CSCc2ccccc2Cl)s1. The van der Waals surface area contributed by atoms with Crippen LogP contribution < -0.4 is 5.32 Å². The maximum absolute atomic E-state index is 11.9. The molecule has 1 amide bonds. The molecular formula is C15H18ClN3OS2. The first-order valence-corrected chi connectivity index (χ1v) is 9.47. The number of hydrogen-bond donors (Lipinski definition) is 1. The summed E-state index contributed by atoms with van der Waals surface area (Å²) in [5.41, 5.74) is 1.04. The minimum Gasteiger partial charge on any atom is -0.300 e. The molecule has 0 saturated heterocycles. The zero-order valence-corrected chi connectivity index (χ0v) is 14.7. The molecule has 2 rings (SSSR count). The predicted octanol–water partition coefficient (Wildman–Crippen LogP) is 4.41. The van der Waals surface area contributed by atoms with E-state index in [2.05, 4.69) is 22.4 Å². The molecule has 22 heavy (non-hydrogen) atoms. The molecule has 0 unspecified atom stereocenters. The molecule has 0 radical (unpaired) electrons. The molecule has 2 aromatic rings. The molecule has 0 saturated carbocycles. The van der Waals surface area contributed by atoms with Crippen molar-refractivity contribution >= 4 is 45.7 Å². The van der Waals surface area contributed by atoms with Crippen LogP contribution in [0.15, 0.2) is 24.3 Å². The molecule has 0 atom stereocenters. The van der Waals surface area contributed by atoms with Crippen LogP contribution in [0, 0.1) is 0 Å². The molecule has 0 aliphatic carbocycles. The fourth-order valence-electron chi connectivity index (χ4n) is 1.76. The molecule has 0 spiro atoms. The van der Waals surface area contributed by atoms with Crippen molar-refractivity contribution in [1.29, 1.82) is 0 Å². The zero-order chi connectivity index (χ0) is 15.8. The fraction of sp³-hybridized carbons (Fsp3) is 0.400. The van der Waals surface area contributed by atoms with Gasteiger partial charge in [-0.1, -0.05) is 54.5 Å². The van der Waals surface area contributed by atoms with Gasteiger partial charge >= 0.3 is 0 Å². The van der Waals surface area contributed by atoms with E-state index in [4.69, 9.17) is 11.6 Å². The number of aromatic nitrogens is 2. The standard InChI is InChI=1S/C15H18ClN3OS2/c1-2-3-8-14-18-19-15(22-14)17-13(20)10-21-9-11-6-4-5-7-12(11)16/h4-7H,2-3,8-10H2,1H3,(H,17,19,20). The van der Waals surface area contributed by atoms with E-state index in [9.17, 15) is 4.79 Å². The van der Waals surface area contributed by atoms with E-state index in [1.807, 2.05) is 24.3 Å². The maximum Gasteiger partial charge on any atom is 0.236 e. The van der Waals surface area contributed by atoms with Crippen LogP contribution in [0.5, 0.6) is 0 Å². The first kappa shape index (κ1) is 17.2. The third-order valence-corrected chi connectivity index (χ3v) is 5.15. The molecule has 0 bridgehead atoms. The fourth-order valence-corrected chi connectivity index (χ4v) is 3.67. The van der Waals surface area contributed by atoms with Crippen LogP contribution in [0.3, 0.4) is 0 Å². The van der Waals surface area contributed by atoms with Crippen LogP contribution in [0.1, 0.15) is 30.3 Å². The Kier molecular flexibility index (Phi) is 7.15. The lowest BCUT2D eigenvalue weighted by Gasteiger charge is -2.03. The van der Waals surface area contributed by atoms with Gasteiger partial charge < -0.3 is 0 Å². The smallest absolute Gasteiger partial charge is 0.236 e. The Labute approximate surface area is 143 Å². The van der Waals surface area contributed by atoms with Crippen LogP contribution in [0.2, 0.25) is 5.02 Å². The van der Waals surface area contributed by atoms with E-state index in [0.29, 0.717) is 16.6 Å². The van der Waals surface area contributed by atoms with Crippen molar-refractivity contribution in [3.63, 3.8) is 0 Å². The first-order valence-electron chi connectivity index (χ1n) is 7.12. The monoisotopic (exact) mass is 355 g/mol. The van der Waals surface area contributed by atoms with Gasteiger partial charge in [-0.25, -0.2) is 0 Å². The summed E-state index contributed by atoms with van der Waals surface area (Å²) in [6.45, 7) is 2.14. The summed E-state index contributed by atoms with van der Waals surface area (Å²) in [7, 11) is 0. The number of unbranched alkanes of at least 4 members (excludes halogenated alkanes) is 1. The molecule has 1 N–H and O–H groups in total. The largest absolute Gasteiger partial charge is 0.300 e. The quantitative estimate of drug-likeness (QED) is 0.762. The van der Waals surface area contributed by atoms with Gasteiger partial charge in [0.1, 0.15) is 5.01 Å². The zero-order valence-electron chi connectivity index (χ0n) is 12.3. The highest BCUT2D eigenvalue weighted by atomic mass is 35.5. The lowest BCUT2D eigenvalue weighted by Crippen LogP contribution is -2.14. The summed E-state index contributed by atoms with van der Waals surface area (Å²) >= 11 is 9.06. The molecule has 0 aliphatic rings. The topological polar surface area (TPSA) is 54.9 Å². The molecule has 4 nitrogen and oxygen atoms in total. The van der Waals surface area contributed by atoms with Crippen molar-refractivity contribution in [2.24, 2.45) is 0 Å². The van der Waals surface area contributed by atoms with E-state index in [1.165, 1.54) is 23.1 Å². The van der Waals surface area contributed by atoms with Crippen molar-refractivity contribution in [2.45, 2.75) is 31.9 Å². The number of benzene rings is 1. The average Bonchev–Trinajstić information content (AvgIpc) is 2.94. The molecule has 7 heteroatoms. The number of halogens is 1. The molecule has 1 aromatic heterocycles. The molecule has 0 aliphatic heterocycles. The van der Waals surface area contributed by atoms with E-state index in [0.717, 1.165) is 34.9 Å². The highest BCUT2D eigenvalue weighted by Gasteiger charge is 2.08. The molecular weight excluding hydrogens is 338 g/mol. The molecule has 118 valence electrons. The van der Waals surface area contributed by atoms with E-state index >= 15 is 0 Å². The van der Waals surface area contributed by atoms with Gasteiger partial charge in [0.25, 0.3) is 0 Å². The van der Waals surface area contributed by atoms with Crippen molar-refractivity contribution in [3.8, 4) is 0 Å². The van der Waals surface area contributed by atoms with Gasteiger partial charge in [-0.05, 0) is 18.1 Å². The van der Waals surface area contributed by atoms with E-state index < -0.39 is 0 Å². The second-order valence-corrected chi connectivity index (χ2v) is 7.19. The van der Waals surface area contributed by atoms with Crippen LogP contribution >= 0.6 is 34.7 Å². The van der Waals surface area contributed by atoms with Crippen LogP contribution in [-0.4, -0.2) is 21.9 Å². The number of thioether (sulfide) groups is 1. The Balaban J connectivity index is 1.74. The van der Waals surface area contributed by atoms with E-state index in [1.54, 1.807) is 0 Å². The number of carbonyl (C=O) groups excluding carboxylic acids is 1. The van der Waals surface area contributed by atoms with Crippen molar-refractivity contribution in [3.05, 3.63) is 39.9 Å². The number of aryl methyl sites for hydroxylation is 1. The summed E-state index contributed by atoms with van der Waals surface area (Å²) in [6.07, 6.45) is 3.14. The predicted molar refractivity (Wildman–Crippen MR) is 94.8 cm³/mol. The van der Waals surface area contributed by atoms with Crippen LogP contribution in [-0.2, 0) is 17.0 Å². The normalized spacial score (nSPS) is 10.6. The van der Waals surface area contributed by atoms with Gasteiger partial charge in [0.05, 0.1) is 5.75 Å². The number of nitrogens with one attached hydrogen (secondary N) is 1. The Hall–Kier alpha value is -1.11. The average molecular weight is 356 g/mol. The summed E-state index contributed by atoms with van der Waals surface area (Å²) < 4.78 is 0. The number of nitrogens with zero attached hydrogens (tertiary/aromatic N) is 2. The Morgan fingerprint density at radius 2 is 2.18 bits per heavy atom. The number of hydrogen-bond acceptors (Lipinski definition) is 5. The van der Waals surface area contributed by atoms with Gasteiger partial charge in [0.2, 0.25) is 11.0 Å². The van der Waals surface area contributed by atoms with Gasteiger partial charge in [0.15, 0.2) is 0 Å². The van der Waals surface area contributed by atoms with Crippen molar-refractivity contribution in [1.82, 2.24) is 10.2 Å². The summed E-state index contributed by atoms with van der Waals surface area (Å²) in [6, 6.07) is 7.67. The summed E-state index contributed by atoms with van der Waals surface area (Å²) in [5.74, 6) is 1.02. The van der Waals surface area contributed by atoms with E-state index in [-0.39, 0.29) is 5.91 Å². The number of rotatable bonds is 8. The Morgan fingerprint density at radius 3 is 2.95 bits per heavy atom. The lowest BCUT2D eigenvalue weighted by molar-refractivity contribution is -0.113. The lowest BCUT2D eigenvalue weighted by atomic mass is 10.2. The second kappa shape index (κ2) is 9.12. The van der Waals surface area contributed by atoms with Crippen molar-refractivity contribution in [2.75, 3.05) is 11.1 Å². The van der Waals surface area contributed by atoms with Gasteiger partial charge in [-0.2, -0.15) is 0 Å². The Morgan fingerprint density at radius 1 is 1.36 bits per heavy atom. The molecule has 0 fully saturated rings. The number of carbonyl (C=O) groups is 1. The minimum atomic E-state index is -0.0600. The maximum atomic E-state index is 11.9. The summed E-state index contributed by atoms with van der Waals surface area (Å²) in [5, 5.41) is 13.2. The highest BCUT2D eigenvalue weighted by Crippen LogP contribution is 2.21. The van der Waals surface area contributed by atoms with Gasteiger partial charge in [-0.3, -0.25) is 10.1 Å². The minimum absolute atomic E-state index is 0.0600. The van der Waals surface area contributed by atoms with Crippen LogP contribution in [0.4, 0.5) is 5.13 Å². The highest BCUT2D eigenvalue weighted by molar-refractivity contribution is 7.99. The van der Waals surface area contributed by atoms with Crippen LogP contribution in [0.25, 0.3) is 0 Å². The number of anilines is 1. The summed E-state index contributed by atoms with van der Waals surface area (Å²) in [4.78, 5) is 11.9. The second-order valence-electron chi connectivity index (χ2n) is 4.74. The third-order valence-electron chi connectivity index (χ3n) is 2.91. The number of amides is 1. The van der Waals surface area contributed by atoms with Crippen molar-refractivity contribution < 1.29 is 4.79 Å². The Bertz CT molecular complexity index is 618. The van der Waals surface area contributed by atoms with Gasteiger partial charge in [0, 0.05) is 17.2 Å². The molecule has 1 aromatic carbocycles. The third kappa shape index (κ3) is 5.59. The first-order chi connectivity index (χ1) is 10.7. The molecule has 1 heterocycles.